The van der Waals surface area contributed by atoms with Crippen molar-refractivity contribution in [2.45, 2.75) is 20.8 Å². The Morgan fingerprint density at radius 3 is 1.60 bits per heavy atom. The molecule has 0 aliphatic carbocycles. The number of hydrogen-bond acceptors (Lipinski definition) is 5. The standard InChI is InChI=1S/C19H13Cl2O2P.C17H19O3P/c20-16-12-7-13-17(21)18(16)19(22)24(23,14-8-3-1-4-9-14)15-10-5-2-6-11-15;1-12-9-13(2)17(14(3)10-12)21(19)20-11-16(18)15-7-5-4-6-8-15/h1-13H;4-10,21H,11H2,1-3H3. The molecule has 1 unspecified atom stereocenters. The van der Waals surface area contributed by atoms with Crippen LogP contribution in [0.3, 0.4) is 0 Å². The third kappa shape index (κ3) is 8.19. The zero-order valence-electron chi connectivity index (χ0n) is 25.0. The van der Waals surface area contributed by atoms with E-state index in [2.05, 4.69) is 0 Å². The third-order valence-corrected chi connectivity index (χ3v) is 12.1. The van der Waals surface area contributed by atoms with Gasteiger partial charge in [-0.15, -0.1) is 0 Å². The van der Waals surface area contributed by atoms with Crippen molar-refractivity contribution < 1.29 is 23.2 Å². The highest BCUT2D eigenvalue weighted by Gasteiger charge is 2.38. The maximum atomic E-state index is 14.0. The molecule has 5 aromatic rings. The number of benzene rings is 5. The smallest absolute Gasteiger partial charge is 0.233 e. The summed E-state index contributed by atoms with van der Waals surface area (Å²) in [5.41, 5.74) is 3.13. The molecule has 0 fully saturated rings. The van der Waals surface area contributed by atoms with Crippen LogP contribution in [0.1, 0.15) is 37.4 Å². The lowest BCUT2D eigenvalue weighted by Crippen LogP contribution is -2.23. The fraction of sp³-hybridized carbons (Fsp3) is 0.111. The summed E-state index contributed by atoms with van der Waals surface area (Å²) in [6.45, 7) is 5.68. The lowest BCUT2D eigenvalue weighted by molar-refractivity contribution is 0.0927. The topological polar surface area (TPSA) is 77.5 Å². The summed E-state index contributed by atoms with van der Waals surface area (Å²) < 4.78 is 31.6. The largest absolute Gasteiger partial charge is 0.319 e. The molecule has 0 bridgehead atoms. The Bertz CT molecular complexity index is 1790. The van der Waals surface area contributed by atoms with E-state index < -0.39 is 20.7 Å². The van der Waals surface area contributed by atoms with Gasteiger partial charge in [0.05, 0.1) is 15.6 Å². The molecule has 5 nitrogen and oxygen atoms in total. The average molecular weight is 678 g/mol. The molecule has 1 atom stereocenters. The first-order chi connectivity index (χ1) is 21.5. The van der Waals surface area contributed by atoms with E-state index in [-0.39, 0.29) is 28.0 Å². The first-order valence-electron chi connectivity index (χ1n) is 14.1. The second kappa shape index (κ2) is 15.6. The Balaban J connectivity index is 0.000000207. The van der Waals surface area contributed by atoms with Crippen LogP contribution in [0, 0.1) is 20.8 Å². The van der Waals surface area contributed by atoms with E-state index in [4.69, 9.17) is 27.7 Å². The van der Waals surface area contributed by atoms with Crippen LogP contribution in [0.25, 0.3) is 0 Å². The number of carbonyl (C=O) groups excluding carboxylic acids is 2. The Morgan fingerprint density at radius 1 is 0.689 bits per heavy atom. The number of carbonyl (C=O) groups is 2. The summed E-state index contributed by atoms with van der Waals surface area (Å²) in [7, 11) is -6.02. The normalized spacial score (nSPS) is 11.7. The second-order valence-electron chi connectivity index (χ2n) is 10.3. The molecule has 9 heteroatoms. The van der Waals surface area contributed by atoms with Crippen molar-refractivity contribution >= 4 is 65.6 Å². The fourth-order valence-electron chi connectivity index (χ4n) is 4.93. The van der Waals surface area contributed by atoms with Gasteiger partial charge in [-0.2, -0.15) is 0 Å². The molecule has 0 saturated heterocycles. The molecule has 0 aromatic heterocycles. The van der Waals surface area contributed by atoms with Gasteiger partial charge in [-0.05, 0) is 44.0 Å². The number of hydrogen-bond donors (Lipinski definition) is 0. The van der Waals surface area contributed by atoms with Crippen molar-refractivity contribution in [2.24, 2.45) is 0 Å². The Hall–Kier alpha value is -3.56. The molecule has 0 amide bonds. The van der Waals surface area contributed by atoms with Crippen LogP contribution in [0.5, 0.6) is 0 Å². The summed E-state index contributed by atoms with van der Waals surface area (Å²) in [5.74, 6) is -0.156. The molecule has 0 aliphatic rings. The second-order valence-corrected chi connectivity index (χ2v) is 15.2. The van der Waals surface area contributed by atoms with Crippen molar-refractivity contribution in [1.29, 1.82) is 0 Å². The molecule has 45 heavy (non-hydrogen) atoms. The van der Waals surface area contributed by atoms with Crippen molar-refractivity contribution in [3.63, 3.8) is 0 Å². The molecular weight excluding hydrogens is 645 g/mol. The van der Waals surface area contributed by atoms with Crippen LogP contribution < -0.4 is 15.9 Å². The van der Waals surface area contributed by atoms with Gasteiger partial charge in [-0.1, -0.05) is 138 Å². The van der Waals surface area contributed by atoms with E-state index in [0.29, 0.717) is 16.2 Å². The van der Waals surface area contributed by atoms with Crippen LogP contribution in [-0.2, 0) is 13.7 Å². The van der Waals surface area contributed by atoms with Gasteiger partial charge in [0, 0.05) is 21.5 Å². The van der Waals surface area contributed by atoms with E-state index in [1.54, 1.807) is 91.0 Å². The molecule has 230 valence electrons. The van der Waals surface area contributed by atoms with Gasteiger partial charge in [0.1, 0.15) is 6.61 Å². The molecule has 0 radical (unpaired) electrons. The minimum absolute atomic E-state index is 0.0943. The van der Waals surface area contributed by atoms with Crippen molar-refractivity contribution in [3.8, 4) is 0 Å². The zero-order valence-corrected chi connectivity index (χ0v) is 28.4. The maximum absolute atomic E-state index is 14.0. The predicted molar refractivity (Wildman–Crippen MR) is 187 cm³/mol. The first kappa shape index (κ1) is 34.3. The predicted octanol–water partition coefficient (Wildman–Crippen LogP) is 8.76. The van der Waals surface area contributed by atoms with Crippen LogP contribution in [0.4, 0.5) is 0 Å². The fourth-order valence-corrected chi connectivity index (χ4v) is 9.33. The summed E-state index contributed by atoms with van der Waals surface area (Å²) in [5, 5.41) is 2.03. The highest BCUT2D eigenvalue weighted by molar-refractivity contribution is 7.93. The minimum atomic E-state index is -3.60. The highest BCUT2D eigenvalue weighted by atomic mass is 35.5. The van der Waals surface area contributed by atoms with E-state index in [1.807, 2.05) is 51.1 Å². The first-order valence-corrected chi connectivity index (χ1v) is 17.9. The number of Topliss-reactive ketones (excluding diaryl/α,β-unsaturated/α-hetero) is 1. The SMILES string of the molecule is Cc1cc(C)c([PH](=O)OCC(=O)c2ccccc2)c(C)c1.O=C(c1c(Cl)cccc1Cl)P(=O)(c1ccccc1)c1ccccc1. The molecule has 5 aromatic carbocycles. The molecule has 0 saturated carbocycles. The number of ketones is 1. The van der Waals surface area contributed by atoms with Gasteiger partial charge >= 0.3 is 0 Å². The lowest BCUT2D eigenvalue weighted by Gasteiger charge is -2.19. The van der Waals surface area contributed by atoms with E-state index in [9.17, 15) is 18.7 Å². The number of aryl methyl sites for hydroxylation is 3. The molecular formula is C36H32Cl2O5P2. The Morgan fingerprint density at radius 2 is 1.13 bits per heavy atom. The third-order valence-electron chi connectivity index (χ3n) is 7.01. The number of rotatable bonds is 9. The summed E-state index contributed by atoms with van der Waals surface area (Å²) >= 11 is 12.4. The molecule has 0 spiro atoms. The number of halogens is 2. The summed E-state index contributed by atoms with van der Waals surface area (Å²) in [4.78, 5) is 25.2. The highest BCUT2D eigenvalue weighted by Crippen LogP contribution is 2.49. The van der Waals surface area contributed by atoms with Crippen LogP contribution in [0.15, 0.2) is 121 Å². The molecule has 0 N–H and O–H groups in total. The van der Waals surface area contributed by atoms with Gasteiger partial charge in [0.25, 0.3) is 0 Å². The quantitative estimate of drug-likeness (QED) is 0.115. The van der Waals surface area contributed by atoms with Crippen molar-refractivity contribution in [1.82, 2.24) is 0 Å². The molecule has 0 heterocycles. The Kier molecular flexibility index (Phi) is 11.9. The monoisotopic (exact) mass is 676 g/mol. The van der Waals surface area contributed by atoms with E-state index in [0.717, 1.165) is 22.0 Å². The van der Waals surface area contributed by atoms with Gasteiger partial charge in [-0.3, -0.25) is 14.2 Å². The van der Waals surface area contributed by atoms with Crippen LogP contribution >= 0.6 is 38.4 Å². The Labute approximate surface area is 274 Å². The zero-order chi connectivity index (χ0) is 32.6. The van der Waals surface area contributed by atoms with E-state index >= 15 is 0 Å². The van der Waals surface area contributed by atoms with E-state index in [1.165, 1.54) is 0 Å². The molecule has 5 rings (SSSR count). The van der Waals surface area contributed by atoms with Gasteiger partial charge < -0.3 is 9.09 Å². The summed E-state index contributed by atoms with van der Waals surface area (Å²) in [6.07, 6.45) is 0. The van der Waals surface area contributed by atoms with Gasteiger partial charge in [0.15, 0.2) is 5.78 Å². The lowest BCUT2D eigenvalue weighted by atomic mass is 10.1. The molecule has 0 aliphatic heterocycles. The minimum Gasteiger partial charge on any atom is -0.319 e. The maximum Gasteiger partial charge on any atom is 0.233 e. The average Bonchev–Trinajstić information content (AvgIpc) is 3.04. The van der Waals surface area contributed by atoms with Gasteiger partial charge in [0.2, 0.25) is 20.7 Å². The van der Waals surface area contributed by atoms with Crippen molar-refractivity contribution in [2.75, 3.05) is 6.61 Å². The van der Waals surface area contributed by atoms with Gasteiger partial charge in [-0.25, -0.2) is 0 Å². The van der Waals surface area contributed by atoms with Crippen LogP contribution in [-0.4, -0.2) is 17.9 Å². The van der Waals surface area contributed by atoms with Crippen molar-refractivity contribution in [3.05, 3.63) is 159 Å². The summed E-state index contributed by atoms with van der Waals surface area (Å²) in [6, 6.07) is 35.1. The van der Waals surface area contributed by atoms with Crippen LogP contribution in [0.2, 0.25) is 10.0 Å².